The van der Waals surface area contributed by atoms with Gasteiger partial charge in [-0.3, -0.25) is 4.79 Å². The molecule has 0 saturated heterocycles. The number of aromatic nitrogens is 3. The summed E-state index contributed by atoms with van der Waals surface area (Å²) < 4.78 is 31.2. The Morgan fingerprint density at radius 3 is 2.50 bits per heavy atom. The molecule has 26 heavy (non-hydrogen) atoms. The predicted octanol–water partition coefficient (Wildman–Crippen LogP) is 5.10. The van der Waals surface area contributed by atoms with Crippen LogP contribution in [0.5, 0.6) is 0 Å². The predicted molar refractivity (Wildman–Crippen MR) is 94.8 cm³/mol. The summed E-state index contributed by atoms with van der Waals surface area (Å²) in [4.78, 5) is 20.9. The minimum atomic E-state index is -4.64. The van der Waals surface area contributed by atoms with E-state index in [1.165, 1.54) is 0 Å². The highest BCUT2D eigenvalue weighted by atomic mass is 32.1. The first kappa shape index (κ1) is 17.8. The van der Waals surface area contributed by atoms with Gasteiger partial charge in [-0.2, -0.15) is 13.2 Å². The van der Waals surface area contributed by atoms with Gasteiger partial charge in [0.25, 0.3) is 0 Å². The number of benzene rings is 1. The molecule has 1 aromatic carbocycles. The number of hydrogen-bond acceptors (Lipinski definition) is 4. The van der Waals surface area contributed by atoms with Gasteiger partial charge in [0.2, 0.25) is 6.29 Å². The Morgan fingerprint density at radius 1 is 1.08 bits per heavy atom. The molecule has 4 nitrogen and oxygen atoms in total. The van der Waals surface area contributed by atoms with Crippen molar-refractivity contribution >= 4 is 28.7 Å². The zero-order chi connectivity index (χ0) is 18.6. The van der Waals surface area contributed by atoms with E-state index < -0.39 is 12.5 Å². The highest BCUT2D eigenvalue weighted by Gasteiger charge is 2.24. The van der Waals surface area contributed by atoms with Crippen LogP contribution >= 0.6 is 11.3 Å². The lowest BCUT2D eigenvalue weighted by molar-refractivity contribution is -0.156. The molecular weight excluding hydrogens is 363 g/mol. The third-order valence-electron chi connectivity index (χ3n) is 3.39. The number of aromatic amines is 1. The second-order valence-corrected chi connectivity index (χ2v) is 6.02. The van der Waals surface area contributed by atoms with Gasteiger partial charge in [-0.25, -0.2) is 9.97 Å². The molecule has 0 aliphatic carbocycles. The molecule has 0 bridgehead atoms. The Kier molecular flexibility index (Phi) is 5.13. The third kappa shape index (κ3) is 4.15. The fraction of sp³-hybridized carbons (Fsp3) is 0.0556. The maximum Gasteiger partial charge on any atom is 0.446 e. The first-order valence-corrected chi connectivity index (χ1v) is 8.32. The van der Waals surface area contributed by atoms with Gasteiger partial charge >= 0.3 is 6.18 Å². The van der Waals surface area contributed by atoms with Gasteiger partial charge in [-0.15, -0.1) is 11.3 Å². The number of fused-ring (bicyclic) bond motifs is 1. The van der Waals surface area contributed by atoms with E-state index >= 15 is 0 Å². The van der Waals surface area contributed by atoms with Crippen LogP contribution in [0.2, 0.25) is 0 Å². The quantitative estimate of drug-likeness (QED) is 0.496. The normalized spacial score (nSPS) is 11.0. The van der Waals surface area contributed by atoms with Crippen molar-refractivity contribution in [1.82, 2.24) is 15.0 Å². The molecule has 4 aromatic rings. The summed E-state index contributed by atoms with van der Waals surface area (Å²) in [6.45, 7) is 0. The number of halogens is 3. The van der Waals surface area contributed by atoms with Crippen LogP contribution in [0.3, 0.4) is 0 Å². The Bertz CT molecular complexity index is 1010. The average Bonchev–Trinajstić information content (AvgIpc) is 3.31. The van der Waals surface area contributed by atoms with Gasteiger partial charge in [0, 0.05) is 34.3 Å². The molecule has 132 valence electrons. The Balaban J connectivity index is 0.000000286. The maximum absolute atomic E-state index is 10.4. The van der Waals surface area contributed by atoms with E-state index in [0.717, 1.165) is 32.9 Å². The zero-order valence-electron chi connectivity index (χ0n) is 13.2. The number of H-pyrrole nitrogens is 1. The molecule has 4 rings (SSSR count). The van der Waals surface area contributed by atoms with Crippen molar-refractivity contribution in [3.63, 3.8) is 0 Å². The molecule has 0 radical (unpaired) electrons. The number of alkyl halides is 3. The van der Waals surface area contributed by atoms with Crippen LogP contribution in [0.1, 0.15) is 0 Å². The fourth-order valence-corrected chi connectivity index (χ4v) is 3.12. The zero-order valence-corrected chi connectivity index (χ0v) is 14.0. The number of pyridine rings is 1. The molecule has 0 saturated carbocycles. The topological polar surface area (TPSA) is 58.6 Å². The summed E-state index contributed by atoms with van der Waals surface area (Å²) in [5.74, 6) is 0. The molecule has 3 aromatic heterocycles. The van der Waals surface area contributed by atoms with E-state index in [9.17, 15) is 13.2 Å². The number of carbonyl (C=O) groups excluding carboxylic acids is 1. The SMILES string of the molecule is O=CC(F)(F)F.c1ccc(-c2nc(-c3ccnc4[nH]ccc34)cs2)cc1. The van der Waals surface area contributed by atoms with Gasteiger partial charge in [0.05, 0.1) is 5.69 Å². The number of nitrogens with one attached hydrogen (secondary N) is 1. The lowest BCUT2D eigenvalue weighted by Gasteiger charge is -1.98. The minimum Gasteiger partial charge on any atom is -0.346 e. The summed E-state index contributed by atoms with van der Waals surface area (Å²) in [5, 5.41) is 4.25. The summed E-state index contributed by atoms with van der Waals surface area (Å²) in [7, 11) is 0. The van der Waals surface area contributed by atoms with Crippen molar-refractivity contribution in [2.75, 3.05) is 0 Å². The van der Waals surface area contributed by atoms with Crippen LogP contribution in [0.4, 0.5) is 13.2 Å². The lowest BCUT2D eigenvalue weighted by atomic mass is 10.1. The fourth-order valence-electron chi connectivity index (χ4n) is 2.30. The number of thiazole rings is 1. The van der Waals surface area contributed by atoms with E-state index in [0.29, 0.717) is 0 Å². The molecule has 0 aliphatic rings. The first-order chi connectivity index (χ1) is 12.5. The van der Waals surface area contributed by atoms with Crippen molar-refractivity contribution in [3.8, 4) is 21.8 Å². The van der Waals surface area contributed by atoms with E-state index in [-0.39, 0.29) is 0 Å². The van der Waals surface area contributed by atoms with Gasteiger partial charge in [-0.1, -0.05) is 30.3 Å². The monoisotopic (exact) mass is 375 g/mol. The highest BCUT2D eigenvalue weighted by Crippen LogP contribution is 2.31. The Morgan fingerprint density at radius 2 is 1.81 bits per heavy atom. The minimum absolute atomic E-state index is 0.900. The van der Waals surface area contributed by atoms with Gasteiger partial charge in [0.1, 0.15) is 10.7 Å². The van der Waals surface area contributed by atoms with Crippen molar-refractivity contribution in [2.45, 2.75) is 6.18 Å². The van der Waals surface area contributed by atoms with Crippen molar-refractivity contribution in [2.24, 2.45) is 0 Å². The van der Waals surface area contributed by atoms with Crippen LogP contribution in [0, 0.1) is 0 Å². The summed E-state index contributed by atoms with van der Waals surface area (Å²) in [5.41, 5.74) is 4.18. The van der Waals surface area contributed by atoms with E-state index in [2.05, 4.69) is 27.5 Å². The Hall–Kier alpha value is -3.00. The molecule has 8 heteroatoms. The molecule has 3 heterocycles. The highest BCUT2D eigenvalue weighted by molar-refractivity contribution is 7.13. The molecule has 0 spiro atoms. The second kappa shape index (κ2) is 7.49. The standard InChI is InChI=1S/C16H11N3S.C2HF3O/c1-2-4-11(5-3-1)16-19-14(10-20-16)12-6-8-17-15-13(12)7-9-18-15;3-2(4,5)1-6/h1-10H,(H,17,18);1H. The molecule has 0 unspecified atom stereocenters. The van der Waals surface area contributed by atoms with Crippen LogP contribution in [0.25, 0.3) is 32.9 Å². The summed E-state index contributed by atoms with van der Waals surface area (Å²) in [6.07, 6.45) is -1.98. The second-order valence-electron chi connectivity index (χ2n) is 5.16. The van der Waals surface area contributed by atoms with Gasteiger partial charge in [0.15, 0.2) is 0 Å². The number of carbonyl (C=O) groups is 1. The van der Waals surface area contributed by atoms with Gasteiger partial charge in [-0.05, 0) is 12.1 Å². The number of rotatable bonds is 2. The van der Waals surface area contributed by atoms with Crippen molar-refractivity contribution in [1.29, 1.82) is 0 Å². The number of aldehydes is 1. The largest absolute Gasteiger partial charge is 0.446 e. The third-order valence-corrected chi connectivity index (χ3v) is 4.29. The van der Waals surface area contributed by atoms with E-state index in [4.69, 9.17) is 9.78 Å². The number of hydrogen-bond donors (Lipinski definition) is 1. The van der Waals surface area contributed by atoms with Crippen LogP contribution in [-0.2, 0) is 4.79 Å². The van der Waals surface area contributed by atoms with Crippen molar-refractivity contribution < 1.29 is 18.0 Å². The van der Waals surface area contributed by atoms with E-state index in [1.807, 2.05) is 42.7 Å². The maximum atomic E-state index is 10.4. The molecule has 0 amide bonds. The summed E-state index contributed by atoms with van der Waals surface area (Å²) >= 11 is 1.67. The van der Waals surface area contributed by atoms with E-state index in [1.54, 1.807) is 11.3 Å². The molecule has 1 N–H and O–H groups in total. The molecule has 0 fully saturated rings. The molecule has 0 aliphatic heterocycles. The number of nitrogens with zero attached hydrogens (tertiary/aromatic N) is 2. The molecular formula is C18H12F3N3OS. The van der Waals surface area contributed by atoms with Gasteiger partial charge < -0.3 is 4.98 Å². The smallest absolute Gasteiger partial charge is 0.346 e. The molecule has 0 atom stereocenters. The van der Waals surface area contributed by atoms with Crippen LogP contribution < -0.4 is 0 Å². The van der Waals surface area contributed by atoms with Crippen LogP contribution in [-0.4, -0.2) is 27.4 Å². The average molecular weight is 375 g/mol. The lowest BCUT2D eigenvalue weighted by Crippen LogP contribution is -2.07. The van der Waals surface area contributed by atoms with Crippen molar-refractivity contribution in [3.05, 3.63) is 60.2 Å². The first-order valence-electron chi connectivity index (χ1n) is 7.44. The summed E-state index contributed by atoms with van der Waals surface area (Å²) in [6, 6.07) is 14.3. The Labute approximate surface area is 150 Å². The van der Waals surface area contributed by atoms with Crippen LogP contribution in [0.15, 0.2) is 60.2 Å².